The van der Waals surface area contributed by atoms with Crippen LogP contribution in [0.1, 0.15) is 60.9 Å². The van der Waals surface area contributed by atoms with Gasteiger partial charge in [-0.2, -0.15) is 0 Å². The molecule has 2 aromatic carbocycles. The number of amides is 1. The van der Waals surface area contributed by atoms with Crippen LogP contribution in [-0.4, -0.2) is 42.5 Å². The molecule has 0 atom stereocenters. The molecule has 3 rings (SSSR count). The predicted molar refractivity (Wildman–Crippen MR) is 142 cm³/mol. The van der Waals surface area contributed by atoms with Gasteiger partial charge in [-0.1, -0.05) is 44.2 Å². The van der Waals surface area contributed by atoms with Crippen LogP contribution in [0.3, 0.4) is 0 Å². The van der Waals surface area contributed by atoms with Gasteiger partial charge in [-0.25, -0.2) is 8.42 Å². The quantitative estimate of drug-likeness (QED) is 0.358. The van der Waals surface area contributed by atoms with Crippen LogP contribution in [0.5, 0.6) is 5.75 Å². The third-order valence-electron chi connectivity index (χ3n) is 6.83. The molecule has 0 aliphatic rings. The Morgan fingerprint density at radius 2 is 1.68 bits per heavy atom. The van der Waals surface area contributed by atoms with Crippen LogP contribution >= 0.6 is 0 Å². The second kappa shape index (κ2) is 11.6. The van der Waals surface area contributed by atoms with E-state index in [0.29, 0.717) is 18.0 Å². The highest BCUT2D eigenvalue weighted by molar-refractivity contribution is 7.91. The van der Waals surface area contributed by atoms with E-state index < -0.39 is 39.6 Å². The number of hydrogen-bond donors (Lipinski definition) is 2. The van der Waals surface area contributed by atoms with E-state index in [1.165, 1.54) is 0 Å². The number of carbonyl (C=O) groups excluding carboxylic acids is 1. The number of aromatic nitrogens is 1. The second-order valence-electron chi connectivity index (χ2n) is 8.88. The number of carboxylic acid groups (broad SMARTS) is 1. The first-order valence-electron chi connectivity index (χ1n) is 12.3. The monoisotopic (exact) mass is 526 g/mol. The Kier molecular flexibility index (Phi) is 8.81. The molecule has 1 aromatic heterocycles. The fraction of sp³-hybridized carbons (Fsp3) is 0.357. The first-order valence-corrected chi connectivity index (χ1v) is 14.0. The first kappa shape index (κ1) is 28.0. The fourth-order valence-electron chi connectivity index (χ4n) is 4.79. The SMILES string of the molecule is CCn1c(C(=O)NCC(=O)O)ccc1C(CC)(CC)c1ccc(OCS(=O)(=O)c2ccccc2)c(C)c1. The van der Waals surface area contributed by atoms with Crippen LogP contribution in [-0.2, 0) is 26.6 Å². The van der Waals surface area contributed by atoms with Crippen molar-refractivity contribution in [3.05, 3.63) is 83.2 Å². The Balaban J connectivity index is 1.93. The molecular weight excluding hydrogens is 492 g/mol. The van der Waals surface area contributed by atoms with Crippen molar-refractivity contribution in [1.29, 1.82) is 0 Å². The lowest BCUT2D eigenvalue weighted by atomic mass is 9.72. The van der Waals surface area contributed by atoms with Gasteiger partial charge >= 0.3 is 5.97 Å². The molecule has 3 aromatic rings. The Hall–Kier alpha value is -3.59. The number of sulfone groups is 1. The molecule has 2 N–H and O–H groups in total. The molecule has 37 heavy (non-hydrogen) atoms. The van der Waals surface area contributed by atoms with Gasteiger partial charge in [0.1, 0.15) is 18.0 Å². The molecule has 8 nitrogen and oxygen atoms in total. The molecule has 198 valence electrons. The van der Waals surface area contributed by atoms with Gasteiger partial charge in [-0.3, -0.25) is 9.59 Å². The molecule has 0 aliphatic carbocycles. The van der Waals surface area contributed by atoms with Crippen molar-refractivity contribution in [2.24, 2.45) is 0 Å². The van der Waals surface area contributed by atoms with Gasteiger partial charge < -0.3 is 19.7 Å². The van der Waals surface area contributed by atoms with Gasteiger partial charge in [0.05, 0.1) is 4.90 Å². The molecule has 0 unspecified atom stereocenters. The van der Waals surface area contributed by atoms with Gasteiger partial charge in [0.2, 0.25) is 9.84 Å². The molecule has 0 aliphatic heterocycles. The molecule has 0 saturated heterocycles. The minimum Gasteiger partial charge on any atom is -0.480 e. The van der Waals surface area contributed by atoms with Crippen molar-refractivity contribution < 1.29 is 27.9 Å². The Bertz CT molecular complexity index is 1360. The zero-order chi connectivity index (χ0) is 27.2. The van der Waals surface area contributed by atoms with E-state index in [4.69, 9.17) is 9.84 Å². The Morgan fingerprint density at radius 1 is 1.00 bits per heavy atom. The number of nitrogens with zero attached hydrogens (tertiary/aromatic N) is 1. The molecular formula is C28H34N2O6S. The Labute approximate surface area is 218 Å². The summed E-state index contributed by atoms with van der Waals surface area (Å²) in [6.07, 6.45) is 1.51. The van der Waals surface area contributed by atoms with Crippen molar-refractivity contribution in [1.82, 2.24) is 9.88 Å². The topological polar surface area (TPSA) is 115 Å². The minimum absolute atomic E-state index is 0.212. The molecule has 0 radical (unpaired) electrons. The molecule has 0 bridgehead atoms. The zero-order valence-electron chi connectivity index (χ0n) is 21.7. The van der Waals surface area contributed by atoms with Crippen molar-refractivity contribution in [3.8, 4) is 5.75 Å². The minimum atomic E-state index is -3.59. The van der Waals surface area contributed by atoms with Crippen LogP contribution in [0.2, 0.25) is 0 Å². The van der Waals surface area contributed by atoms with Gasteiger partial charge in [0.25, 0.3) is 5.91 Å². The second-order valence-corrected chi connectivity index (χ2v) is 10.8. The summed E-state index contributed by atoms with van der Waals surface area (Å²) in [7, 11) is -3.59. The highest BCUT2D eigenvalue weighted by atomic mass is 32.2. The summed E-state index contributed by atoms with van der Waals surface area (Å²) < 4.78 is 32.9. The van der Waals surface area contributed by atoms with Crippen LogP contribution in [0.4, 0.5) is 0 Å². The maximum absolute atomic E-state index is 12.7. The summed E-state index contributed by atoms with van der Waals surface area (Å²) in [5.74, 6) is -1.51. The number of aliphatic carboxylic acids is 1. The van der Waals surface area contributed by atoms with E-state index in [-0.39, 0.29) is 4.90 Å². The Morgan fingerprint density at radius 3 is 2.24 bits per heavy atom. The number of carbonyl (C=O) groups is 2. The number of nitrogens with one attached hydrogen (secondary N) is 1. The number of aryl methyl sites for hydroxylation is 1. The number of hydrogen-bond acceptors (Lipinski definition) is 5. The third-order valence-corrected chi connectivity index (χ3v) is 8.25. The number of ether oxygens (including phenoxy) is 1. The largest absolute Gasteiger partial charge is 0.480 e. The highest BCUT2D eigenvalue weighted by Crippen LogP contribution is 2.41. The molecule has 0 spiro atoms. The fourth-order valence-corrected chi connectivity index (χ4v) is 5.78. The highest BCUT2D eigenvalue weighted by Gasteiger charge is 2.35. The maximum Gasteiger partial charge on any atom is 0.322 e. The summed E-state index contributed by atoms with van der Waals surface area (Å²) in [6, 6.07) is 17.6. The number of rotatable bonds is 12. The van der Waals surface area contributed by atoms with Crippen molar-refractivity contribution >= 4 is 21.7 Å². The van der Waals surface area contributed by atoms with Gasteiger partial charge in [-0.05, 0) is 68.1 Å². The molecule has 0 saturated carbocycles. The number of benzene rings is 2. The molecule has 1 heterocycles. The van der Waals surface area contributed by atoms with Crippen LogP contribution < -0.4 is 10.1 Å². The van der Waals surface area contributed by atoms with E-state index in [2.05, 4.69) is 19.2 Å². The van der Waals surface area contributed by atoms with Gasteiger partial charge in [0, 0.05) is 17.7 Å². The third kappa shape index (κ3) is 5.88. The van der Waals surface area contributed by atoms with E-state index in [0.717, 1.165) is 29.7 Å². The van der Waals surface area contributed by atoms with Crippen LogP contribution in [0.15, 0.2) is 65.6 Å². The smallest absolute Gasteiger partial charge is 0.322 e. The lowest BCUT2D eigenvalue weighted by Crippen LogP contribution is -2.33. The van der Waals surface area contributed by atoms with Crippen molar-refractivity contribution in [2.45, 2.75) is 57.4 Å². The van der Waals surface area contributed by atoms with Crippen LogP contribution in [0.25, 0.3) is 0 Å². The van der Waals surface area contributed by atoms with E-state index >= 15 is 0 Å². The summed E-state index contributed by atoms with van der Waals surface area (Å²) in [5.41, 5.74) is 2.79. The molecule has 1 amide bonds. The standard InChI is InChI=1S/C28H34N2O6S/c1-5-28(6-2,25-16-14-23(30(25)7-3)27(33)29-18-26(31)32)21-13-15-24(20(4)17-21)36-19-37(34,35)22-11-9-8-10-12-22/h8-17H,5-7,18-19H2,1-4H3,(H,29,33)(H,31,32). The normalized spacial score (nSPS) is 11.8. The first-order chi connectivity index (χ1) is 17.6. The lowest BCUT2D eigenvalue weighted by molar-refractivity contribution is -0.135. The lowest BCUT2D eigenvalue weighted by Gasteiger charge is -2.34. The maximum atomic E-state index is 12.7. The van der Waals surface area contributed by atoms with Crippen molar-refractivity contribution in [2.75, 3.05) is 12.5 Å². The van der Waals surface area contributed by atoms with Gasteiger partial charge in [0.15, 0.2) is 5.94 Å². The average Bonchev–Trinajstić information content (AvgIpc) is 3.33. The van der Waals surface area contributed by atoms with Crippen molar-refractivity contribution in [3.63, 3.8) is 0 Å². The average molecular weight is 527 g/mol. The van der Waals surface area contributed by atoms with E-state index in [1.807, 2.05) is 36.6 Å². The zero-order valence-corrected chi connectivity index (χ0v) is 22.5. The predicted octanol–water partition coefficient (Wildman–Crippen LogP) is 4.55. The summed E-state index contributed by atoms with van der Waals surface area (Å²) >= 11 is 0. The number of carboxylic acids is 1. The summed E-state index contributed by atoms with van der Waals surface area (Å²) in [5, 5.41) is 11.4. The summed E-state index contributed by atoms with van der Waals surface area (Å²) in [6.45, 7) is 8.10. The molecule has 9 heteroatoms. The van der Waals surface area contributed by atoms with Crippen LogP contribution in [0, 0.1) is 6.92 Å². The van der Waals surface area contributed by atoms with E-state index in [9.17, 15) is 18.0 Å². The molecule has 0 fully saturated rings. The summed E-state index contributed by atoms with van der Waals surface area (Å²) in [4.78, 5) is 23.8. The van der Waals surface area contributed by atoms with Gasteiger partial charge in [-0.15, -0.1) is 0 Å². The van der Waals surface area contributed by atoms with E-state index in [1.54, 1.807) is 42.5 Å².